The molecule has 0 aliphatic carbocycles. The lowest BCUT2D eigenvalue weighted by molar-refractivity contribution is 0.218. The Labute approximate surface area is 177 Å². The molecule has 7 heteroatoms. The number of nitrogens with zero attached hydrogens (tertiary/aromatic N) is 1. The van der Waals surface area contributed by atoms with Gasteiger partial charge < -0.3 is 15.0 Å². The molecule has 0 bridgehead atoms. The van der Waals surface area contributed by atoms with Gasteiger partial charge in [0.1, 0.15) is 12.4 Å². The van der Waals surface area contributed by atoms with Crippen molar-refractivity contribution in [1.29, 1.82) is 0 Å². The second-order valence-corrected chi connectivity index (χ2v) is 10.4. The first-order valence-electron chi connectivity index (χ1n) is 10.5. The highest BCUT2D eigenvalue weighted by Crippen LogP contribution is 2.39. The van der Waals surface area contributed by atoms with Gasteiger partial charge in [-0.25, -0.2) is 8.42 Å². The fraction of sp³-hybridized carbons (Fsp3) is 0.391. The molecule has 6 nitrogen and oxygen atoms in total. The van der Waals surface area contributed by atoms with Crippen molar-refractivity contribution in [3.05, 3.63) is 59.8 Å². The van der Waals surface area contributed by atoms with Crippen LogP contribution in [0.1, 0.15) is 17.7 Å². The summed E-state index contributed by atoms with van der Waals surface area (Å²) in [7, 11) is -3.22. The van der Waals surface area contributed by atoms with Crippen LogP contribution in [0.15, 0.2) is 53.4 Å². The zero-order valence-corrected chi connectivity index (χ0v) is 18.0. The molecule has 2 aliphatic heterocycles. The van der Waals surface area contributed by atoms with Crippen molar-refractivity contribution in [2.24, 2.45) is 0 Å². The van der Waals surface area contributed by atoms with E-state index in [9.17, 15) is 8.42 Å². The molecular formula is C23H27N3O3S. The quantitative estimate of drug-likeness (QED) is 0.658. The van der Waals surface area contributed by atoms with E-state index in [1.54, 1.807) is 6.07 Å². The van der Waals surface area contributed by atoms with Crippen LogP contribution in [-0.2, 0) is 21.8 Å². The van der Waals surface area contributed by atoms with Gasteiger partial charge >= 0.3 is 0 Å². The van der Waals surface area contributed by atoms with Gasteiger partial charge in [0.05, 0.1) is 10.4 Å². The van der Waals surface area contributed by atoms with E-state index in [0.29, 0.717) is 11.5 Å². The van der Waals surface area contributed by atoms with E-state index in [1.165, 1.54) is 17.5 Å². The van der Waals surface area contributed by atoms with Crippen LogP contribution in [0.25, 0.3) is 10.9 Å². The minimum atomic E-state index is -3.22. The maximum atomic E-state index is 12.0. The molecule has 2 aliphatic rings. The van der Waals surface area contributed by atoms with Gasteiger partial charge in [0, 0.05) is 49.0 Å². The van der Waals surface area contributed by atoms with E-state index in [1.807, 2.05) is 42.5 Å². The summed E-state index contributed by atoms with van der Waals surface area (Å²) >= 11 is 0. The number of aromatic nitrogens is 1. The minimum absolute atomic E-state index is 0.107. The summed E-state index contributed by atoms with van der Waals surface area (Å²) in [4.78, 5) is 6.44. The average molecular weight is 426 g/mol. The Bertz CT molecular complexity index is 1170. The standard InChI is InChI=1S/C23H27N3O3S/c1-30(27,28)18-7-8-21-20(15-18)19-9-11-24-23(22(19)25-21)10-12-26(16-23)13-14-29-17-5-3-2-4-6-17/h2-8,15,24-25H,9-14,16H2,1H3. The third-order valence-electron chi connectivity index (χ3n) is 6.39. The van der Waals surface area contributed by atoms with Crippen LogP contribution in [0, 0.1) is 0 Å². The monoisotopic (exact) mass is 425 g/mol. The highest BCUT2D eigenvalue weighted by Gasteiger charge is 2.44. The number of sulfone groups is 1. The van der Waals surface area contributed by atoms with Gasteiger partial charge in [0.15, 0.2) is 9.84 Å². The molecule has 0 amide bonds. The van der Waals surface area contributed by atoms with Crippen molar-refractivity contribution in [3.63, 3.8) is 0 Å². The summed E-state index contributed by atoms with van der Waals surface area (Å²) in [5, 5.41) is 4.80. The molecule has 2 aromatic carbocycles. The van der Waals surface area contributed by atoms with E-state index in [2.05, 4.69) is 15.2 Å². The third kappa shape index (κ3) is 3.51. The minimum Gasteiger partial charge on any atom is -0.492 e. The van der Waals surface area contributed by atoms with Crippen molar-refractivity contribution >= 4 is 20.7 Å². The number of hydrogen-bond acceptors (Lipinski definition) is 5. The molecular weight excluding hydrogens is 398 g/mol. The molecule has 1 fully saturated rings. The predicted molar refractivity (Wildman–Crippen MR) is 118 cm³/mol. The summed E-state index contributed by atoms with van der Waals surface area (Å²) in [5.74, 6) is 0.904. The summed E-state index contributed by atoms with van der Waals surface area (Å²) in [5.41, 5.74) is 3.39. The highest BCUT2D eigenvalue weighted by atomic mass is 32.2. The summed E-state index contributed by atoms with van der Waals surface area (Å²) in [6, 6.07) is 15.4. The Hall–Kier alpha value is -2.35. The van der Waals surface area contributed by atoms with Crippen LogP contribution in [0.4, 0.5) is 0 Å². The van der Waals surface area contributed by atoms with Crippen molar-refractivity contribution in [2.75, 3.05) is 39.0 Å². The van der Waals surface area contributed by atoms with Crippen molar-refractivity contribution in [2.45, 2.75) is 23.3 Å². The fourth-order valence-electron chi connectivity index (χ4n) is 4.88. The first-order chi connectivity index (χ1) is 14.4. The van der Waals surface area contributed by atoms with E-state index < -0.39 is 9.84 Å². The van der Waals surface area contributed by atoms with Crippen LogP contribution < -0.4 is 10.1 Å². The molecule has 30 heavy (non-hydrogen) atoms. The first kappa shape index (κ1) is 19.6. The molecule has 0 saturated carbocycles. The zero-order valence-electron chi connectivity index (χ0n) is 17.1. The molecule has 1 atom stereocenters. The van der Waals surface area contributed by atoms with Gasteiger partial charge in [0.2, 0.25) is 0 Å². The Morgan fingerprint density at radius 3 is 2.80 bits per heavy atom. The van der Waals surface area contributed by atoms with Gasteiger partial charge in [-0.05, 0) is 48.7 Å². The van der Waals surface area contributed by atoms with Gasteiger partial charge in [0.25, 0.3) is 0 Å². The number of para-hydroxylation sites is 1. The van der Waals surface area contributed by atoms with E-state index in [0.717, 1.165) is 55.7 Å². The lowest BCUT2D eigenvalue weighted by Gasteiger charge is -2.35. The second kappa shape index (κ2) is 7.41. The third-order valence-corrected chi connectivity index (χ3v) is 7.50. The number of ether oxygens (including phenoxy) is 1. The number of benzene rings is 2. The Balaban J connectivity index is 1.36. The van der Waals surface area contributed by atoms with Crippen LogP contribution in [0.2, 0.25) is 0 Å². The molecule has 0 radical (unpaired) electrons. The Morgan fingerprint density at radius 2 is 2.00 bits per heavy atom. The zero-order chi connectivity index (χ0) is 20.8. The average Bonchev–Trinajstić information content (AvgIpc) is 3.31. The van der Waals surface area contributed by atoms with Gasteiger partial charge in [-0.2, -0.15) is 0 Å². The van der Waals surface area contributed by atoms with Crippen LogP contribution in [0.3, 0.4) is 0 Å². The fourth-order valence-corrected chi connectivity index (χ4v) is 5.53. The highest BCUT2D eigenvalue weighted by molar-refractivity contribution is 7.90. The summed E-state index contributed by atoms with van der Waals surface area (Å²) in [6.45, 7) is 4.37. The number of fused-ring (bicyclic) bond motifs is 4. The topological polar surface area (TPSA) is 74.4 Å². The van der Waals surface area contributed by atoms with E-state index in [4.69, 9.17) is 4.74 Å². The van der Waals surface area contributed by atoms with E-state index >= 15 is 0 Å². The largest absolute Gasteiger partial charge is 0.492 e. The number of rotatable bonds is 5. The van der Waals surface area contributed by atoms with Crippen molar-refractivity contribution in [3.8, 4) is 5.75 Å². The molecule has 1 aromatic heterocycles. The Morgan fingerprint density at radius 1 is 1.17 bits per heavy atom. The molecule has 1 saturated heterocycles. The number of aromatic amines is 1. The number of hydrogen-bond donors (Lipinski definition) is 2. The summed E-state index contributed by atoms with van der Waals surface area (Å²) in [6.07, 6.45) is 3.20. The molecule has 1 unspecified atom stereocenters. The predicted octanol–water partition coefficient (Wildman–Crippen LogP) is 2.70. The van der Waals surface area contributed by atoms with Gasteiger partial charge in [-0.3, -0.25) is 4.90 Å². The maximum absolute atomic E-state index is 12.0. The molecule has 3 heterocycles. The second-order valence-electron chi connectivity index (χ2n) is 8.40. The molecule has 2 N–H and O–H groups in total. The number of nitrogens with one attached hydrogen (secondary N) is 2. The molecule has 5 rings (SSSR count). The number of H-pyrrole nitrogens is 1. The molecule has 1 spiro atoms. The van der Waals surface area contributed by atoms with Gasteiger partial charge in [-0.1, -0.05) is 18.2 Å². The Kier molecular flexibility index (Phi) is 4.84. The van der Waals surface area contributed by atoms with Crippen LogP contribution >= 0.6 is 0 Å². The summed E-state index contributed by atoms with van der Waals surface area (Å²) < 4.78 is 29.9. The van der Waals surface area contributed by atoms with Crippen LogP contribution in [-0.4, -0.2) is 57.3 Å². The van der Waals surface area contributed by atoms with Crippen molar-refractivity contribution < 1.29 is 13.2 Å². The normalized spacial score (nSPS) is 21.9. The van der Waals surface area contributed by atoms with Gasteiger partial charge in [-0.15, -0.1) is 0 Å². The lowest BCUT2D eigenvalue weighted by Crippen LogP contribution is -2.49. The lowest BCUT2D eigenvalue weighted by atomic mass is 9.86. The SMILES string of the molecule is CS(=O)(=O)c1ccc2[nH]c3c(c2c1)CCNC31CCN(CCOc2ccccc2)C1. The van der Waals surface area contributed by atoms with Crippen molar-refractivity contribution in [1.82, 2.24) is 15.2 Å². The van der Waals surface area contributed by atoms with Crippen LogP contribution in [0.5, 0.6) is 5.75 Å². The molecule has 3 aromatic rings. The number of likely N-dealkylation sites (tertiary alicyclic amines) is 1. The molecule has 158 valence electrons. The van der Waals surface area contributed by atoms with E-state index in [-0.39, 0.29) is 5.54 Å². The maximum Gasteiger partial charge on any atom is 0.175 e. The first-order valence-corrected chi connectivity index (χ1v) is 12.3. The smallest absolute Gasteiger partial charge is 0.175 e.